The van der Waals surface area contributed by atoms with E-state index in [9.17, 15) is 9.59 Å². The van der Waals surface area contributed by atoms with Crippen molar-refractivity contribution in [2.75, 3.05) is 0 Å². The van der Waals surface area contributed by atoms with Crippen LogP contribution in [0.5, 0.6) is 0 Å². The minimum atomic E-state index is -0.583. The molecule has 0 aromatic carbocycles. The highest BCUT2D eigenvalue weighted by atomic mass is 35.5. The molecule has 154 valence electrons. The molecule has 2 heterocycles. The molecule has 4 nitrogen and oxygen atoms in total. The molecule has 0 spiro atoms. The zero-order chi connectivity index (χ0) is 21.9. The second-order valence-corrected chi connectivity index (χ2v) is 7.30. The molecule has 2 aromatic heterocycles. The lowest BCUT2D eigenvalue weighted by molar-refractivity contribution is -0.115. The maximum atomic E-state index is 15.5. The number of Topliss-reactive ketones (excluding diaryl/α,β-unsaturated/α-hetero) is 1. The predicted molar refractivity (Wildman–Crippen MR) is 118 cm³/mol. The van der Waals surface area contributed by atoms with E-state index in [1.54, 1.807) is 59.1 Å². The molecule has 0 aliphatic rings. The van der Waals surface area contributed by atoms with E-state index in [4.69, 9.17) is 11.6 Å². The Morgan fingerprint density at radius 3 is 2.45 bits per heavy atom. The SMILES string of the molecule is C\C=C(/C(C)=C(F)\C(C(=O)CC)=C(/C)CC)c1cc2cnc(Cl)cc2n(C)c1=O. The smallest absolute Gasteiger partial charge is 0.258 e. The van der Waals surface area contributed by atoms with Crippen LogP contribution in [0.4, 0.5) is 4.39 Å². The summed E-state index contributed by atoms with van der Waals surface area (Å²) in [6.45, 7) is 8.69. The van der Waals surface area contributed by atoms with E-state index in [0.29, 0.717) is 34.0 Å². The van der Waals surface area contributed by atoms with E-state index < -0.39 is 5.83 Å². The Morgan fingerprint density at radius 2 is 1.90 bits per heavy atom. The molecule has 2 rings (SSSR count). The van der Waals surface area contributed by atoms with Gasteiger partial charge in [-0.1, -0.05) is 37.1 Å². The van der Waals surface area contributed by atoms with Crippen molar-refractivity contribution in [1.29, 1.82) is 0 Å². The van der Waals surface area contributed by atoms with Crippen LogP contribution in [-0.4, -0.2) is 15.3 Å². The van der Waals surface area contributed by atoms with Crippen molar-refractivity contribution in [3.05, 3.63) is 68.0 Å². The molecular formula is C23H26ClFN2O2. The normalized spacial score (nSPS) is 14.0. The fraction of sp³-hybridized carbons (Fsp3) is 0.348. The van der Waals surface area contributed by atoms with Crippen molar-refractivity contribution >= 4 is 33.9 Å². The third-order valence-electron chi connectivity index (χ3n) is 5.16. The van der Waals surface area contributed by atoms with E-state index in [2.05, 4.69) is 4.98 Å². The van der Waals surface area contributed by atoms with Gasteiger partial charge in [-0.25, -0.2) is 9.37 Å². The number of hydrogen-bond donors (Lipinski definition) is 0. The number of aryl methyl sites for hydroxylation is 1. The Balaban J connectivity index is 2.78. The highest BCUT2D eigenvalue weighted by molar-refractivity contribution is 6.30. The summed E-state index contributed by atoms with van der Waals surface area (Å²) in [6, 6.07) is 3.30. The van der Waals surface area contributed by atoms with Crippen LogP contribution < -0.4 is 5.56 Å². The topological polar surface area (TPSA) is 52.0 Å². The number of fused-ring (bicyclic) bond motifs is 1. The van der Waals surface area contributed by atoms with Gasteiger partial charge in [0.15, 0.2) is 5.78 Å². The van der Waals surface area contributed by atoms with Crippen molar-refractivity contribution in [2.24, 2.45) is 7.05 Å². The van der Waals surface area contributed by atoms with Crippen LogP contribution in [0.2, 0.25) is 5.15 Å². The molecule has 0 N–H and O–H groups in total. The van der Waals surface area contributed by atoms with Crippen LogP contribution in [0.15, 0.2) is 51.7 Å². The summed E-state index contributed by atoms with van der Waals surface area (Å²) in [4.78, 5) is 29.5. The van der Waals surface area contributed by atoms with Gasteiger partial charge in [0.25, 0.3) is 5.56 Å². The van der Waals surface area contributed by atoms with Crippen molar-refractivity contribution in [3.8, 4) is 0 Å². The number of rotatable bonds is 6. The number of allylic oxidation sites excluding steroid dienone is 6. The van der Waals surface area contributed by atoms with Gasteiger partial charge in [-0.2, -0.15) is 0 Å². The van der Waals surface area contributed by atoms with Crippen molar-refractivity contribution in [1.82, 2.24) is 9.55 Å². The second-order valence-electron chi connectivity index (χ2n) is 6.91. The monoisotopic (exact) mass is 416 g/mol. The summed E-state index contributed by atoms with van der Waals surface area (Å²) in [6.07, 6.45) is 4.05. The predicted octanol–water partition coefficient (Wildman–Crippen LogP) is 5.94. The first-order valence-corrected chi connectivity index (χ1v) is 9.97. The summed E-state index contributed by atoms with van der Waals surface area (Å²) in [5, 5.41) is 1.00. The molecule has 0 atom stereocenters. The number of halogens is 2. The summed E-state index contributed by atoms with van der Waals surface area (Å²) in [5.74, 6) is -0.831. The van der Waals surface area contributed by atoms with Gasteiger partial charge >= 0.3 is 0 Å². The van der Waals surface area contributed by atoms with E-state index in [0.717, 1.165) is 0 Å². The second kappa shape index (κ2) is 9.31. The van der Waals surface area contributed by atoms with E-state index >= 15 is 4.39 Å². The Morgan fingerprint density at radius 1 is 1.24 bits per heavy atom. The molecule has 0 saturated heterocycles. The van der Waals surface area contributed by atoms with Gasteiger partial charge in [-0.3, -0.25) is 9.59 Å². The molecule has 0 radical (unpaired) electrons. The third-order valence-corrected chi connectivity index (χ3v) is 5.37. The van der Waals surface area contributed by atoms with Gasteiger partial charge in [-0.15, -0.1) is 0 Å². The minimum absolute atomic E-state index is 0.109. The van der Waals surface area contributed by atoms with Crippen molar-refractivity contribution in [2.45, 2.75) is 47.5 Å². The average Bonchev–Trinajstić information content (AvgIpc) is 2.71. The van der Waals surface area contributed by atoms with Crippen LogP contribution >= 0.6 is 11.6 Å². The fourth-order valence-electron chi connectivity index (χ4n) is 3.31. The summed E-state index contributed by atoms with van der Waals surface area (Å²) >= 11 is 5.95. The lowest BCUT2D eigenvalue weighted by Crippen LogP contribution is -2.21. The number of nitrogens with zero attached hydrogens (tertiary/aromatic N) is 2. The summed E-state index contributed by atoms with van der Waals surface area (Å²) in [5.41, 5.74) is 2.21. The van der Waals surface area contributed by atoms with Gasteiger partial charge in [-0.05, 0) is 50.5 Å². The number of pyridine rings is 2. The Labute approximate surface area is 175 Å². The Bertz CT molecular complexity index is 1120. The van der Waals surface area contributed by atoms with Gasteiger partial charge in [0.1, 0.15) is 11.0 Å². The first-order chi connectivity index (χ1) is 13.7. The number of hydrogen-bond acceptors (Lipinski definition) is 3. The molecule has 0 aliphatic heterocycles. The fourth-order valence-corrected chi connectivity index (χ4v) is 3.47. The molecule has 0 aliphatic carbocycles. The maximum absolute atomic E-state index is 15.5. The third kappa shape index (κ3) is 4.40. The molecule has 2 aromatic rings. The maximum Gasteiger partial charge on any atom is 0.258 e. The van der Waals surface area contributed by atoms with E-state index in [-0.39, 0.29) is 34.1 Å². The highest BCUT2D eigenvalue weighted by Gasteiger charge is 2.21. The Hall–Kier alpha value is -2.53. The summed E-state index contributed by atoms with van der Waals surface area (Å²) < 4.78 is 16.9. The molecule has 0 bridgehead atoms. The lowest BCUT2D eigenvalue weighted by Gasteiger charge is -2.15. The summed E-state index contributed by atoms with van der Waals surface area (Å²) in [7, 11) is 1.64. The molecule has 0 fully saturated rings. The van der Waals surface area contributed by atoms with E-state index in [1.165, 1.54) is 4.57 Å². The van der Waals surface area contributed by atoms with Crippen molar-refractivity contribution < 1.29 is 9.18 Å². The van der Waals surface area contributed by atoms with Gasteiger partial charge in [0, 0.05) is 30.6 Å². The van der Waals surface area contributed by atoms with Crippen LogP contribution in [-0.2, 0) is 11.8 Å². The van der Waals surface area contributed by atoms with Gasteiger partial charge in [0.2, 0.25) is 0 Å². The quantitative estimate of drug-likeness (QED) is 0.332. The van der Waals surface area contributed by atoms with E-state index in [1.807, 2.05) is 6.92 Å². The molecular weight excluding hydrogens is 391 g/mol. The largest absolute Gasteiger partial charge is 0.311 e. The van der Waals surface area contributed by atoms with Crippen molar-refractivity contribution in [3.63, 3.8) is 0 Å². The number of aromatic nitrogens is 2. The average molecular weight is 417 g/mol. The molecule has 29 heavy (non-hydrogen) atoms. The number of ketones is 1. The molecule has 0 saturated carbocycles. The minimum Gasteiger partial charge on any atom is -0.311 e. The zero-order valence-electron chi connectivity index (χ0n) is 17.7. The highest BCUT2D eigenvalue weighted by Crippen LogP contribution is 2.31. The number of carbonyl (C=O) groups is 1. The van der Waals surface area contributed by atoms with Crippen LogP contribution in [0, 0.1) is 0 Å². The van der Waals surface area contributed by atoms with Crippen LogP contribution in [0.25, 0.3) is 16.5 Å². The lowest BCUT2D eigenvalue weighted by atomic mass is 9.92. The van der Waals surface area contributed by atoms with Gasteiger partial charge < -0.3 is 4.57 Å². The Kier molecular flexibility index (Phi) is 7.31. The first-order valence-electron chi connectivity index (χ1n) is 9.59. The van der Waals surface area contributed by atoms with Crippen LogP contribution in [0.1, 0.15) is 53.0 Å². The first kappa shape index (κ1) is 22.8. The molecule has 0 unspecified atom stereocenters. The van der Waals surface area contributed by atoms with Crippen LogP contribution in [0.3, 0.4) is 0 Å². The van der Waals surface area contributed by atoms with Gasteiger partial charge in [0.05, 0.1) is 11.1 Å². The zero-order valence-corrected chi connectivity index (χ0v) is 18.4. The number of carbonyl (C=O) groups excluding carboxylic acids is 1. The standard InChI is InChI=1S/C23H26ClFN2O2/c1-7-13(4)21(19(28)9-3)22(25)14(5)16(8-2)17-10-15-12-26-20(24)11-18(15)27(6)23(17)29/h8,10-12H,7,9H2,1-6H3/b16-8+,21-13+,22-14+. The molecule has 0 amide bonds. The molecule has 6 heteroatoms.